The third kappa shape index (κ3) is 15.4. The Kier molecular flexibility index (Phi) is 27.3. The summed E-state index contributed by atoms with van der Waals surface area (Å²) in [5.41, 5.74) is 18.3. The molecular formula is C75H57N3Y6-6. The van der Waals surface area contributed by atoms with Crippen LogP contribution in [0.3, 0.4) is 0 Å². The fraction of sp³-hybridized carbons (Fsp3) is 0.120. The van der Waals surface area contributed by atoms with Crippen molar-refractivity contribution < 1.29 is 196 Å². The Morgan fingerprint density at radius 2 is 0.786 bits per heavy atom. The van der Waals surface area contributed by atoms with E-state index in [4.69, 9.17) is 0 Å². The molecule has 3 aromatic heterocycles. The van der Waals surface area contributed by atoms with Crippen molar-refractivity contribution in [3.8, 4) is 33.4 Å². The molecule has 396 valence electrons. The van der Waals surface area contributed by atoms with Crippen molar-refractivity contribution in [2.45, 2.75) is 58.2 Å². The standard InChI is InChI=1S/3C25H19N.6Y/c1-3-10-19(11-4-1)18-26-23-16-8-7-14-22(23)25-21(15-9-17-24(25)26)20-12-5-2-6-13-20;1-3-9-19(10-4-1)18-26-24-14-8-7-13-22(24)23-17-21(15-16-25(23)26)20-11-5-2-6-12-20;1-3-9-19(10-4-1)18-26-24-14-8-7-13-22(24)23-16-15-21(17-25(23)26)20-11-5-2-6-12-20;;;;;;/h2-3,5-12,14,16-17H,1,4,18H2;2-3,5-11,13-16H,1,4,18H2;2-3,5-11,13-14,16-17H,1,4,18H2;;;;;;/q3*-2;;;;;;. The number of rotatable bonds is 9. The summed E-state index contributed by atoms with van der Waals surface area (Å²) < 4.78 is 7.29. The van der Waals surface area contributed by atoms with Gasteiger partial charge in [0.25, 0.3) is 0 Å². The van der Waals surface area contributed by atoms with Crippen LogP contribution in [0.25, 0.3) is 98.8 Å². The van der Waals surface area contributed by atoms with Crippen LogP contribution in [0.15, 0.2) is 253 Å². The zero-order valence-electron chi connectivity index (χ0n) is 47.2. The van der Waals surface area contributed by atoms with Crippen LogP contribution in [0.4, 0.5) is 0 Å². The van der Waals surface area contributed by atoms with Gasteiger partial charge in [-0.25, -0.2) is 27.8 Å². The largest absolute Gasteiger partial charge is 0.375 e. The predicted molar refractivity (Wildman–Crippen MR) is 327 cm³/mol. The molecule has 9 heteroatoms. The Morgan fingerprint density at radius 1 is 0.321 bits per heavy atom. The second-order valence-electron chi connectivity index (χ2n) is 20.3. The smallest absolute Gasteiger partial charge is 0.0461 e. The summed E-state index contributed by atoms with van der Waals surface area (Å²) in [5, 5.41) is 7.57. The van der Waals surface area contributed by atoms with Crippen LogP contribution in [0, 0.1) is 36.4 Å². The summed E-state index contributed by atoms with van der Waals surface area (Å²) in [5.74, 6) is 0. The van der Waals surface area contributed by atoms with E-state index in [0.717, 1.165) is 91.5 Å². The van der Waals surface area contributed by atoms with Crippen molar-refractivity contribution in [2.75, 3.05) is 0 Å². The topological polar surface area (TPSA) is 14.8 Å². The summed E-state index contributed by atoms with van der Waals surface area (Å²) in [6.07, 6.45) is 27.6. The SMILES string of the molecule is [Y].[Y].[Y].[Y].[Y].[Y].[c-]1ccccc1-c1[c-]c2c3ccccc3n(CC3=CCCC=C3)c2cc1.[c-]1ccccc1-c1[c-]cc2c3ccccc3n(CC3=CCCC=C3)c2c1.[c-]1ccccc1-c1[c-]ccc2c1c1ccccc1n2CC1=CCCC=C1. The molecule has 9 aromatic carbocycles. The number of nitrogens with zero attached hydrogens (tertiary/aromatic N) is 3. The van der Waals surface area contributed by atoms with E-state index in [0.29, 0.717) is 0 Å². The van der Waals surface area contributed by atoms with Gasteiger partial charge in [-0.1, -0.05) is 120 Å². The molecule has 0 unspecified atom stereocenters. The number of hydrogen-bond acceptors (Lipinski definition) is 0. The van der Waals surface area contributed by atoms with E-state index in [2.05, 4.69) is 244 Å². The number of hydrogen-bond donors (Lipinski definition) is 0. The third-order valence-corrected chi connectivity index (χ3v) is 15.3. The molecule has 84 heavy (non-hydrogen) atoms. The van der Waals surface area contributed by atoms with E-state index in [1.807, 2.05) is 42.5 Å². The van der Waals surface area contributed by atoms with Gasteiger partial charge in [-0.05, 0) is 101 Å². The number of aromatic nitrogens is 3. The van der Waals surface area contributed by atoms with Crippen molar-refractivity contribution in [2.24, 2.45) is 0 Å². The van der Waals surface area contributed by atoms with E-state index < -0.39 is 0 Å². The van der Waals surface area contributed by atoms with Gasteiger partial charge in [-0.3, -0.25) is 0 Å². The minimum Gasteiger partial charge on any atom is -0.375 e. The van der Waals surface area contributed by atoms with Crippen molar-refractivity contribution in [3.05, 3.63) is 290 Å². The molecule has 15 rings (SSSR count). The van der Waals surface area contributed by atoms with Gasteiger partial charge in [0.15, 0.2) is 0 Å². The monoisotopic (exact) mass is 1530 g/mol. The first-order valence-electron chi connectivity index (χ1n) is 27.5. The second-order valence-corrected chi connectivity index (χ2v) is 20.3. The van der Waals surface area contributed by atoms with Crippen LogP contribution in [0.1, 0.15) is 38.5 Å². The van der Waals surface area contributed by atoms with E-state index in [1.54, 1.807) is 0 Å². The number of benzene rings is 9. The molecule has 3 aliphatic rings. The minimum absolute atomic E-state index is 0. The molecule has 0 aliphatic heterocycles. The Balaban J connectivity index is 0.000000175. The average molecular weight is 1530 g/mol. The molecule has 0 atom stereocenters. The fourth-order valence-corrected chi connectivity index (χ4v) is 11.6. The third-order valence-electron chi connectivity index (χ3n) is 15.3. The molecule has 0 amide bonds. The van der Waals surface area contributed by atoms with E-state index in [1.165, 1.54) is 82.1 Å². The molecule has 6 radical (unpaired) electrons. The maximum absolute atomic E-state index is 3.65. The molecule has 12 aromatic rings. The van der Waals surface area contributed by atoms with Crippen LogP contribution in [0.2, 0.25) is 0 Å². The molecule has 0 bridgehead atoms. The van der Waals surface area contributed by atoms with Crippen molar-refractivity contribution in [3.63, 3.8) is 0 Å². The molecule has 3 heterocycles. The first kappa shape index (κ1) is 68.9. The molecule has 0 N–H and O–H groups in total. The van der Waals surface area contributed by atoms with E-state index >= 15 is 0 Å². The summed E-state index contributed by atoms with van der Waals surface area (Å²) in [6, 6.07) is 84.0. The Labute approximate surface area is 646 Å². The fourth-order valence-electron chi connectivity index (χ4n) is 11.6. The zero-order valence-corrected chi connectivity index (χ0v) is 64.2. The normalized spacial score (nSPS) is 13.1. The Morgan fingerprint density at radius 3 is 1.32 bits per heavy atom. The maximum Gasteiger partial charge on any atom is 0.0461 e. The number of para-hydroxylation sites is 3. The number of fused-ring (bicyclic) bond motifs is 9. The molecule has 0 saturated heterocycles. The average Bonchev–Trinajstić information content (AvgIpc) is 3.82. The van der Waals surface area contributed by atoms with Crippen molar-refractivity contribution >= 4 is 65.4 Å². The van der Waals surface area contributed by atoms with Crippen molar-refractivity contribution in [1.29, 1.82) is 0 Å². The van der Waals surface area contributed by atoms with Gasteiger partial charge in [0, 0.05) is 232 Å². The molecule has 0 spiro atoms. The van der Waals surface area contributed by atoms with Gasteiger partial charge in [0.1, 0.15) is 0 Å². The summed E-state index contributed by atoms with van der Waals surface area (Å²) in [7, 11) is 0. The summed E-state index contributed by atoms with van der Waals surface area (Å²) >= 11 is 0. The first-order chi connectivity index (χ1) is 38.7. The summed E-state index contributed by atoms with van der Waals surface area (Å²) in [4.78, 5) is 0. The van der Waals surface area contributed by atoms with Crippen LogP contribution in [0.5, 0.6) is 0 Å². The van der Waals surface area contributed by atoms with E-state index in [9.17, 15) is 0 Å². The van der Waals surface area contributed by atoms with Crippen molar-refractivity contribution in [1.82, 2.24) is 13.7 Å². The van der Waals surface area contributed by atoms with Crippen LogP contribution >= 0.6 is 0 Å². The van der Waals surface area contributed by atoms with Crippen LogP contribution < -0.4 is 0 Å². The van der Waals surface area contributed by atoms with Gasteiger partial charge >= 0.3 is 0 Å². The van der Waals surface area contributed by atoms with E-state index in [-0.39, 0.29) is 196 Å². The predicted octanol–water partition coefficient (Wildman–Crippen LogP) is 19.0. The molecule has 3 aliphatic carbocycles. The molecular weight excluding hydrogens is 1480 g/mol. The molecule has 0 saturated carbocycles. The van der Waals surface area contributed by atoms with Gasteiger partial charge < -0.3 is 13.7 Å². The van der Waals surface area contributed by atoms with Gasteiger partial charge in [0.2, 0.25) is 0 Å². The molecule has 3 nitrogen and oxygen atoms in total. The molecule has 0 fully saturated rings. The maximum atomic E-state index is 3.65. The zero-order chi connectivity index (χ0) is 52.0. The van der Waals surface area contributed by atoms with Gasteiger partial charge in [-0.15, -0.1) is 47.2 Å². The Bertz CT molecular complexity index is 4310. The number of allylic oxidation sites excluding steroid dienone is 12. The first-order valence-corrected chi connectivity index (χ1v) is 27.5. The van der Waals surface area contributed by atoms with Crippen LogP contribution in [-0.2, 0) is 216 Å². The quantitative estimate of drug-likeness (QED) is 0.128. The van der Waals surface area contributed by atoms with Crippen LogP contribution in [-0.4, -0.2) is 13.7 Å². The summed E-state index contributed by atoms with van der Waals surface area (Å²) in [6.45, 7) is 2.72. The minimum atomic E-state index is 0. The van der Waals surface area contributed by atoms with Gasteiger partial charge in [-0.2, -0.15) is 115 Å². The second kappa shape index (κ2) is 33.3. The Hall–Kier alpha value is -2.56. The van der Waals surface area contributed by atoms with Gasteiger partial charge in [0.05, 0.1) is 0 Å².